The van der Waals surface area contributed by atoms with E-state index in [1.54, 1.807) is 19.1 Å². The monoisotopic (exact) mass is 347 g/mol. The maximum absolute atomic E-state index is 12.6. The lowest BCUT2D eigenvalue weighted by Gasteiger charge is -2.09. The Balaban J connectivity index is 2.23. The fraction of sp³-hybridized carbons (Fsp3) is 0.143. The van der Waals surface area contributed by atoms with Crippen molar-refractivity contribution in [2.24, 2.45) is 0 Å². The molecule has 0 saturated carbocycles. The quantitative estimate of drug-likeness (QED) is 0.521. The van der Waals surface area contributed by atoms with Crippen molar-refractivity contribution in [1.29, 1.82) is 0 Å². The zero-order valence-corrected chi connectivity index (χ0v) is 14.5. The highest BCUT2D eigenvalue weighted by atomic mass is 16.5. The molecule has 26 heavy (non-hydrogen) atoms. The highest BCUT2D eigenvalue weighted by Gasteiger charge is 2.26. The molecule has 0 fully saturated rings. The summed E-state index contributed by atoms with van der Waals surface area (Å²) in [4.78, 5) is 25.0. The standard InChI is InChI=1S/C21H17NO4/c1-3-25-21(24)17-13(2)22(14-9-5-4-6-10-14)18-15-11-7-8-12-16(15)20(23)26-19(17)18/h4-12H,3H2,1-2H3. The SMILES string of the molecule is CCOC(=O)c1c(C)n(-c2ccccc2)c2c1oc(=O)c1ccccc12. The summed E-state index contributed by atoms with van der Waals surface area (Å²) in [7, 11) is 0. The lowest BCUT2D eigenvalue weighted by Crippen LogP contribution is -2.07. The van der Waals surface area contributed by atoms with Gasteiger partial charge in [-0.25, -0.2) is 9.59 Å². The second-order valence-electron chi connectivity index (χ2n) is 5.96. The number of esters is 1. The third kappa shape index (κ3) is 2.32. The minimum atomic E-state index is -0.497. The Kier molecular flexibility index (Phi) is 3.84. The van der Waals surface area contributed by atoms with Gasteiger partial charge in [0.1, 0.15) is 5.56 Å². The molecule has 0 unspecified atom stereocenters. The van der Waals surface area contributed by atoms with Gasteiger partial charge in [0.15, 0.2) is 5.58 Å². The van der Waals surface area contributed by atoms with E-state index in [1.807, 2.05) is 54.0 Å². The van der Waals surface area contributed by atoms with Crippen LogP contribution in [0.4, 0.5) is 0 Å². The Morgan fingerprint density at radius 1 is 1.04 bits per heavy atom. The van der Waals surface area contributed by atoms with Crippen LogP contribution in [0.2, 0.25) is 0 Å². The zero-order valence-electron chi connectivity index (χ0n) is 14.5. The predicted octanol–water partition coefficient (Wildman–Crippen LogP) is 4.22. The van der Waals surface area contributed by atoms with Crippen LogP contribution in [-0.4, -0.2) is 17.1 Å². The Morgan fingerprint density at radius 2 is 1.69 bits per heavy atom. The number of para-hydroxylation sites is 1. The molecule has 5 heteroatoms. The minimum Gasteiger partial charge on any atom is -0.462 e. The first-order chi connectivity index (χ1) is 12.6. The van der Waals surface area contributed by atoms with Crippen molar-refractivity contribution in [3.8, 4) is 5.69 Å². The Bertz CT molecular complexity index is 1190. The second-order valence-corrected chi connectivity index (χ2v) is 5.96. The number of hydrogen-bond acceptors (Lipinski definition) is 4. The maximum Gasteiger partial charge on any atom is 0.344 e. The van der Waals surface area contributed by atoms with Crippen LogP contribution in [0.5, 0.6) is 0 Å². The number of rotatable bonds is 3. The number of ether oxygens (including phenoxy) is 1. The van der Waals surface area contributed by atoms with E-state index in [0.29, 0.717) is 16.6 Å². The summed E-state index contributed by atoms with van der Waals surface area (Å²) in [6.07, 6.45) is 0. The third-order valence-electron chi connectivity index (χ3n) is 4.45. The van der Waals surface area contributed by atoms with Crippen LogP contribution in [0.1, 0.15) is 23.0 Å². The number of aromatic nitrogens is 1. The number of benzene rings is 2. The molecule has 2 aromatic carbocycles. The van der Waals surface area contributed by atoms with Gasteiger partial charge in [0.25, 0.3) is 0 Å². The smallest absolute Gasteiger partial charge is 0.344 e. The minimum absolute atomic E-state index is 0.244. The van der Waals surface area contributed by atoms with Crippen LogP contribution in [0.15, 0.2) is 63.8 Å². The topological polar surface area (TPSA) is 61.4 Å². The molecule has 2 heterocycles. The van der Waals surface area contributed by atoms with Gasteiger partial charge in [0.05, 0.1) is 17.5 Å². The van der Waals surface area contributed by atoms with E-state index in [-0.39, 0.29) is 17.8 Å². The lowest BCUT2D eigenvalue weighted by molar-refractivity contribution is 0.0526. The van der Waals surface area contributed by atoms with E-state index in [4.69, 9.17) is 9.15 Å². The molecule has 0 bridgehead atoms. The molecule has 0 aliphatic carbocycles. The molecule has 5 nitrogen and oxygen atoms in total. The summed E-state index contributed by atoms with van der Waals surface area (Å²) in [5.41, 5.74) is 2.31. The van der Waals surface area contributed by atoms with Crippen LogP contribution in [0.3, 0.4) is 0 Å². The lowest BCUT2D eigenvalue weighted by atomic mass is 10.1. The van der Waals surface area contributed by atoms with Gasteiger partial charge in [0, 0.05) is 16.8 Å². The molecule has 0 aliphatic rings. The van der Waals surface area contributed by atoms with Gasteiger partial charge in [0.2, 0.25) is 0 Å². The molecular weight excluding hydrogens is 330 g/mol. The molecular formula is C21H17NO4. The number of carbonyl (C=O) groups excluding carboxylic acids is 1. The normalized spacial score (nSPS) is 11.2. The van der Waals surface area contributed by atoms with Crippen molar-refractivity contribution < 1.29 is 13.9 Å². The van der Waals surface area contributed by atoms with E-state index in [0.717, 1.165) is 11.1 Å². The Hall–Kier alpha value is -3.34. The third-order valence-corrected chi connectivity index (χ3v) is 4.45. The summed E-state index contributed by atoms with van der Waals surface area (Å²) < 4.78 is 12.7. The maximum atomic E-state index is 12.6. The highest BCUT2D eigenvalue weighted by Crippen LogP contribution is 2.33. The molecule has 4 rings (SSSR count). The molecule has 2 aromatic heterocycles. The van der Waals surface area contributed by atoms with E-state index in [9.17, 15) is 9.59 Å². The van der Waals surface area contributed by atoms with Crippen molar-refractivity contribution in [2.75, 3.05) is 6.61 Å². The Labute approximate surface area is 149 Å². The number of carbonyl (C=O) groups is 1. The van der Waals surface area contributed by atoms with Crippen LogP contribution in [-0.2, 0) is 4.74 Å². The van der Waals surface area contributed by atoms with E-state index >= 15 is 0 Å². The molecule has 0 spiro atoms. The Morgan fingerprint density at radius 3 is 2.38 bits per heavy atom. The molecule has 0 amide bonds. The van der Waals surface area contributed by atoms with Gasteiger partial charge < -0.3 is 13.7 Å². The van der Waals surface area contributed by atoms with Gasteiger partial charge in [-0.2, -0.15) is 0 Å². The number of nitrogens with zero attached hydrogens (tertiary/aromatic N) is 1. The number of fused-ring (bicyclic) bond motifs is 3. The predicted molar refractivity (Wildman–Crippen MR) is 100 cm³/mol. The summed E-state index contributed by atoms with van der Waals surface area (Å²) >= 11 is 0. The van der Waals surface area contributed by atoms with Gasteiger partial charge in [-0.15, -0.1) is 0 Å². The summed E-state index contributed by atoms with van der Waals surface area (Å²) in [6.45, 7) is 3.82. The zero-order chi connectivity index (χ0) is 18.3. The highest BCUT2D eigenvalue weighted by molar-refractivity contribution is 6.12. The van der Waals surface area contributed by atoms with Gasteiger partial charge in [-0.3, -0.25) is 0 Å². The fourth-order valence-electron chi connectivity index (χ4n) is 3.36. The first-order valence-electron chi connectivity index (χ1n) is 8.43. The van der Waals surface area contributed by atoms with Crippen molar-refractivity contribution >= 4 is 27.8 Å². The first kappa shape index (κ1) is 16.1. The van der Waals surface area contributed by atoms with Gasteiger partial charge in [-0.05, 0) is 32.0 Å². The van der Waals surface area contributed by atoms with E-state index in [1.165, 1.54) is 0 Å². The average Bonchev–Trinajstić information content (AvgIpc) is 2.95. The van der Waals surface area contributed by atoms with Gasteiger partial charge >= 0.3 is 11.6 Å². The van der Waals surface area contributed by atoms with E-state index in [2.05, 4.69) is 0 Å². The van der Waals surface area contributed by atoms with Crippen LogP contribution >= 0.6 is 0 Å². The molecule has 0 radical (unpaired) electrons. The largest absolute Gasteiger partial charge is 0.462 e. The molecule has 0 atom stereocenters. The van der Waals surface area contributed by atoms with E-state index < -0.39 is 11.6 Å². The molecule has 0 aliphatic heterocycles. The molecule has 130 valence electrons. The first-order valence-corrected chi connectivity index (χ1v) is 8.43. The summed E-state index contributed by atoms with van der Waals surface area (Å²) in [6, 6.07) is 16.9. The van der Waals surface area contributed by atoms with Crippen molar-refractivity contribution in [3.63, 3.8) is 0 Å². The van der Waals surface area contributed by atoms with Crippen LogP contribution in [0.25, 0.3) is 27.6 Å². The molecule has 0 N–H and O–H groups in total. The van der Waals surface area contributed by atoms with Crippen molar-refractivity contribution in [3.05, 3.63) is 76.3 Å². The van der Waals surface area contributed by atoms with Crippen LogP contribution < -0.4 is 5.63 Å². The average molecular weight is 347 g/mol. The summed E-state index contributed by atoms with van der Waals surface area (Å²) in [5, 5.41) is 1.21. The molecule has 4 aromatic rings. The van der Waals surface area contributed by atoms with Crippen LogP contribution in [0, 0.1) is 6.92 Å². The summed E-state index contributed by atoms with van der Waals surface area (Å²) in [5.74, 6) is -0.497. The van der Waals surface area contributed by atoms with Gasteiger partial charge in [-0.1, -0.05) is 36.4 Å². The van der Waals surface area contributed by atoms with Crippen molar-refractivity contribution in [1.82, 2.24) is 4.57 Å². The second kappa shape index (κ2) is 6.19. The van der Waals surface area contributed by atoms with Crippen molar-refractivity contribution in [2.45, 2.75) is 13.8 Å². The molecule has 0 saturated heterocycles. The number of hydrogen-bond donors (Lipinski definition) is 0. The fourth-order valence-corrected chi connectivity index (χ4v) is 3.36.